The van der Waals surface area contributed by atoms with Gasteiger partial charge < -0.3 is 10.0 Å². The van der Waals surface area contributed by atoms with Crippen LogP contribution in [0.4, 0.5) is 5.69 Å². The van der Waals surface area contributed by atoms with Gasteiger partial charge in [0, 0.05) is 10.6 Å². The van der Waals surface area contributed by atoms with Gasteiger partial charge in [0.2, 0.25) is 0 Å². The minimum atomic E-state index is -1.01. The Labute approximate surface area is 126 Å². The highest BCUT2D eigenvalue weighted by molar-refractivity contribution is 8.14. The molecule has 0 aromatic heterocycles. The predicted molar refractivity (Wildman–Crippen MR) is 79.5 cm³/mol. The average Bonchev–Trinajstić information content (AvgIpc) is 2.66. The summed E-state index contributed by atoms with van der Waals surface area (Å²) in [6, 6.07) is 5.66. The number of rotatable bonds is 1. The topological polar surface area (TPSA) is 35.8 Å². The highest BCUT2D eigenvalue weighted by Crippen LogP contribution is 2.41. The summed E-state index contributed by atoms with van der Waals surface area (Å²) in [5.74, 6) is 0.708. The number of aliphatic imine (C=N–C) groups is 1. The smallest absolute Gasteiger partial charge is 0.167 e. The fourth-order valence-electron chi connectivity index (χ4n) is 2.00. The highest BCUT2D eigenvalue weighted by atomic mass is 35.5. The Morgan fingerprint density at radius 3 is 3.00 bits per heavy atom. The SMILES string of the molecule is Cl.OC1(CCl)CSC2=Nc3cccc(Cl)c3CN21. The van der Waals surface area contributed by atoms with Gasteiger partial charge in [-0.3, -0.25) is 0 Å². The van der Waals surface area contributed by atoms with E-state index in [-0.39, 0.29) is 18.3 Å². The monoisotopic (exact) mass is 324 g/mol. The summed E-state index contributed by atoms with van der Waals surface area (Å²) < 4.78 is 0. The number of nitrogens with zero attached hydrogens (tertiary/aromatic N) is 2. The van der Waals surface area contributed by atoms with Crippen LogP contribution in [0, 0.1) is 0 Å². The van der Waals surface area contributed by atoms with Gasteiger partial charge in [-0.05, 0) is 12.1 Å². The molecule has 1 aromatic carbocycles. The van der Waals surface area contributed by atoms with Gasteiger partial charge >= 0.3 is 0 Å². The number of fused-ring (bicyclic) bond motifs is 2. The lowest BCUT2D eigenvalue weighted by atomic mass is 10.1. The summed E-state index contributed by atoms with van der Waals surface area (Å²) in [6.07, 6.45) is 0. The average molecular weight is 326 g/mol. The van der Waals surface area contributed by atoms with Gasteiger partial charge in [-0.2, -0.15) is 0 Å². The largest absolute Gasteiger partial charge is 0.369 e. The van der Waals surface area contributed by atoms with E-state index in [4.69, 9.17) is 23.2 Å². The van der Waals surface area contributed by atoms with E-state index in [0.29, 0.717) is 17.3 Å². The maximum atomic E-state index is 10.4. The van der Waals surface area contributed by atoms with Crippen molar-refractivity contribution >= 4 is 58.2 Å². The molecule has 0 spiro atoms. The van der Waals surface area contributed by atoms with E-state index in [2.05, 4.69) is 4.99 Å². The van der Waals surface area contributed by atoms with Crippen LogP contribution in [0.25, 0.3) is 0 Å². The van der Waals surface area contributed by atoms with Crippen molar-refractivity contribution in [2.75, 3.05) is 11.6 Å². The molecule has 18 heavy (non-hydrogen) atoms. The number of hydrogen-bond donors (Lipinski definition) is 1. The molecular weight excluding hydrogens is 315 g/mol. The van der Waals surface area contributed by atoms with Gasteiger partial charge in [-0.25, -0.2) is 4.99 Å². The van der Waals surface area contributed by atoms with E-state index >= 15 is 0 Å². The zero-order chi connectivity index (χ0) is 12.0. The van der Waals surface area contributed by atoms with Crippen molar-refractivity contribution in [3.05, 3.63) is 28.8 Å². The lowest BCUT2D eigenvalue weighted by Gasteiger charge is -2.35. The highest BCUT2D eigenvalue weighted by Gasteiger charge is 2.44. The van der Waals surface area contributed by atoms with Crippen LogP contribution in [-0.4, -0.2) is 32.5 Å². The van der Waals surface area contributed by atoms with E-state index in [1.807, 2.05) is 23.1 Å². The number of hydrogen-bond acceptors (Lipinski definition) is 4. The standard InChI is InChI=1S/C11H10Cl2N2OS.ClH/c12-5-11(16)6-17-10-14-9-3-1-2-8(13)7(9)4-15(10)11;/h1-3,16H,4-6H2;1H. The Balaban J connectivity index is 0.00000120. The molecule has 2 heterocycles. The van der Waals surface area contributed by atoms with E-state index in [1.165, 1.54) is 11.8 Å². The van der Waals surface area contributed by atoms with Crippen LogP contribution in [0.15, 0.2) is 23.2 Å². The summed E-state index contributed by atoms with van der Waals surface area (Å²) >= 11 is 13.5. The summed E-state index contributed by atoms with van der Waals surface area (Å²) in [4.78, 5) is 6.35. The second-order valence-electron chi connectivity index (χ2n) is 4.12. The first-order valence-corrected chi connectivity index (χ1v) is 7.09. The molecule has 0 bridgehead atoms. The Hall–Kier alpha value is -0.130. The molecule has 7 heteroatoms. The van der Waals surface area contributed by atoms with Gasteiger partial charge in [-0.15, -0.1) is 24.0 Å². The van der Waals surface area contributed by atoms with Crippen LogP contribution in [0.3, 0.4) is 0 Å². The number of amidine groups is 1. The van der Waals surface area contributed by atoms with Crippen LogP contribution < -0.4 is 0 Å². The van der Waals surface area contributed by atoms with Crippen molar-refractivity contribution in [1.82, 2.24) is 4.90 Å². The summed E-state index contributed by atoms with van der Waals surface area (Å²) in [5, 5.41) is 11.9. The Morgan fingerprint density at radius 1 is 1.50 bits per heavy atom. The first-order chi connectivity index (χ1) is 8.14. The van der Waals surface area contributed by atoms with Crippen molar-refractivity contribution in [2.24, 2.45) is 4.99 Å². The molecule has 0 saturated carbocycles. The molecule has 1 aromatic rings. The van der Waals surface area contributed by atoms with Crippen LogP contribution in [-0.2, 0) is 6.54 Å². The maximum Gasteiger partial charge on any atom is 0.167 e. The molecule has 1 N–H and O–H groups in total. The number of halogens is 3. The van der Waals surface area contributed by atoms with E-state index in [9.17, 15) is 5.11 Å². The van der Waals surface area contributed by atoms with Gasteiger partial charge in [0.05, 0.1) is 23.9 Å². The molecular formula is C11H11Cl3N2OS. The van der Waals surface area contributed by atoms with E-state index in [0.717, 1.165) is 16.4 Å². The molecule has 2 aliphatic heterocycles. The minimum Gasteiger partial charge on any atom is -0.369 e. The van der Waals surface area contributed by atoms with E-state index < -0.39 is 5.72 Å². The maximum absolute atomic E-state index is 10.4. The van der Waals surface area contributed by atoms with E-state index in [1.54, 1.807) is 0 Å². The minimum absolute atomic E-state index is 0. The lowest BCUT2D eigenvalue weighted by molar-refractivity contribution is -0.0256. The fourth-order valence-corrected chi connectivity index (χ4v) is 3.75. The van der Waals surface area contributed by atoms with Crippen molar-refractivity contribution in [2.45, 2.75) is 12.3 Å². The fraction of sp³-hybridized carbons (Fsp3) is 0.364. The van der Waals surface area contributed by atoms with Gasteiger partial charge in [0.1, 0.15) is 0 Å². The molecule has 1 unspecified atom stereocenters. The number of thioether (sulfide) groups is 1. The third kappa shape index (κ3) is 2.10. The second-order valence-corrected chi connectivity index (χ2v) is 5.74. The van der Waals surface area contributed by atoms with Crippen LogP contribution in [0.5, 0.6) is 0 Å². The molecule has 0 aliphatic carbocycles. The predicted octanol–water partition coefficient (Wildman–Crippen LogP) is 3.24. The van der Waals surface area contributed by atoms with Crippen LogP contribution in [0.1, 0.15) is 5.56 Å². The van der Waals surface area contributed by atoms with Crippen molar-refractivity contribution in [1.29, 1.82) is 0 Å². The number of aliphatic hydroxyl groups is 1. The van der Waals surface area contributed by atoms with Crippen molar-refractivity contribution in [3.8, 4) is 0 Å². The number of alkyl halides is 1. The summed E-state index contributed by atoms with van der Waals surface area (Å²) in [7, 11) is 0. The molecule has 0 radical (unpaired) electrons. The molecule has 1 saturated heterocycles. The Bertz CT molecular complexity index is 511. The molecule has 2 aliphatic rings. The quantitative estimate of drug-likeness (QED) is 0.805. The molecule has 3 rings (SSSR count). The normalized spacial score (nSPS) is 25.1. The van der Waals surface area contributed by atoms with Gasteiger partial charge in [0.15, 0.2) is 10.9 Å². The molecule has 3 nitrogen and oxygen atoms in total. The third-order valence-electron chi connectivity index (χ3n) is 3.01. The number of benzene rings is 1. The van der Waals surface area contributed by atoms with Gasteiger partial charge in [-0.1, -0.05) is 29.4 Å². The summed E-state index contributed by atoms with van der Waals surface area (Å²) in [6.45, 7) is 0.560. The molecule has 1 atom stereocenters. The zero-order valence-corrected chi connectivity index (χ0v) is 12.4. The molecule has 0 amide bonds. The van der Waals surface area contributed by atoms with Gasteiger partial charge in [0.25, 0.3) is 0 Å². The molecule has 1 fully saturated rings. The van der Waals surface area contributed by atoms with Crippen LogP contribution >= 0.6 is 47.4 Å². The lowest BCUT2D eigenvalue weighted by Crippen LogP contribution is -2.49. The Morgan fingerprint density at radius 2 is 2.28 bits per heavy atom. The first kappa shape index (κ1) is 14.3. The second kappa shape index (κ2) is 5.10. The first-order valence-electron chi connectivity index (χ1n) is 5.19. The summed E-state index contributed by atoms with van der Waals surface area (Å²) in [5.41, 5.74) is 0.820. The van der Waals surface area contributed by atoms with Crippen molar-refractivity contribution < 1.29 is 5.11 Å². The third-order valence-corrected chi connectivity index (χ3v) is 4.96. The Kier molecular flexibility index (Phi) is 4.04. The molecule has 98 valence electrons. The van der Waals surface area contributed by atoms with Crippen molar-refractivity contribution in [3.63, 3.8) is 0 Å². The zero-order valence-electron chi connectivity index (χ0n) is 9.27. The van der Waals surface area contributed by atoms with Crippen LogP contribution in [0.2, 0.25) is 5.02 Å².